The largest absolute Gasteiger partial charge is 0.456 e. The average molecular weight is 899 g/mol. The van der Waals surface area contributed by atoms with E-state index in [1.165, 1.54) is 76.7 Å². The lowest BCUT2D eigenvalue weighted by Gasteiger charge is -2.30. The summed E-state index contributed by atoms with van der Waals surface area (Å²) in [7, 11) is 0. The molecule has 0 N–H and O–H groups in total. The number of hydrogen-bond donors (Lipinski definition) is 0. The fourth-order valence-electron chi connectivity index (χ4n) is 10.7. The fourth-order valence-corrected chi connectivity index (χ4v) is 10.7. The first-order valence-electron chi connectivity index (χ1n) is 24.8. The van der Waals surface area contributed by atoms with E-state index in [0.717, 1.165) is 44.7 Å². The van der Waals surface area contributed by atoms with Gasteiger partial charge in [-0.3, -0.25) is 0 Å². The summed E-state index contributed by atoms with van der Waals surface area (Å²) in [6.07, 6.45) is 0. The second kappa shape index (κ2) is 16.7. The summed E-state index contributed by atoms with van der Waals surface area (Å²) in [5, 5.41) is 12.0. The topological polar surface area (TPSA) is 19.6 Å². The van der Waals surface area contributed by atoms with Gasteiger partial charge in [-0.25, -0.2) is 0 Å². The Balaban J connectivity index is 1.09. The summed E-state index contributed by atoms with van der Waals surface area (Å²) in [5.41, 5.74) is 14.0. The van der Waals surface area contributed by atoms with E-state index in [2.05, 4.69) is 261 Å². The molecule has 342 valence electrons. The minimum atomic E-state index is 0.0535. The van der Waals surface area contributed by atoms with E-state index in [1.54, 1.807) is 0 Å². The second-order valence-corrected chi connectivity index (χ2v) is 21.9. The van der Waals surface area contributed by atoms with E-state index in [1.807, 2.05) is 0 Å². The molecule has 0 saturated heterocycles. The molecule has 0 atom stereocenters. The highest BCUT2D eigenvalue weighted by Crippen LogP contribution is 2.48. The Morgan fingerprint density at radius 2 is 0.681 bits per heavy atom. The van der Waals surface area contributed by atoms with Crippen molar-refractivity contribution >= 4 is 99.2 Å². The highest BCUT2D eigenvalue weighted by molar-refractivity contribution is 6.15. The van der Waals surface area contributed by atoms with Crippen LogP contribution < -0.4 is 9.80 Å². The first-order chi connectivity index (χ1) is 33.1. The molecule has 11 aromatic rings. The average Bonchev–Trinajstić information content (AvgIpc) is 3.67. The van der Waals surface area contributed by atoms with E-state index in [0.29, 0.717) is 0 Å². The van der Waals surface area contributed by atoms with E-state index in [9.17, 15) is 0 Å². The van der Waals surface area contributed by atoms with Crippen molar-refractivity contribution in [2.45, 2.75) is 91.9 Å². The van der Waals surface area contributed by atoms with Gasteiger partial charge in [0, 0.05) is 33.5 Å². The van der Waals surface area contributed by atoms with Crippen LogP contribution in [0, 0.1) is 0 Å². The third-order valence-electron chi connectivity index (χ3n) is 14.4. The van der Waals surface area contributed by atoms with Gasteiger partial charge in [0.2, 0.25) is 0 Å². The van der Waals surface area contributed by atoms with Crippen LogP contribution in [0.2, 0.25) is 0 Å². The summed E-state index contributed by atoms with van der Waals surface area (Å²) < 4.78 is 7.04. The molecule has 0 unspecified atom stereocenters. The molecule has 0 saturated carbocycles. The van der Waals surface area contributed by atoms with E-state index >= 15 is 0 Å². The molecule has 0 amide bonds. The molecule has 0 bridgehead atoms. The zero-order chi connectivity index (χ0) is 47.9. The minimum Gasteiger partial charge on any atom is -0.456 e. The molecule has 11 rings (SSSR count). The van der Waals surface area contributed by atoms with Gasteiger partial charge >= 0.3 is 0 Å². The molecule has 0 fully saturated rings. The summed E-state index contributed by atoms with van der Waals surface area (Å²) in [6.45, 7) is 22.9. The zero-order valence-electron chi connectivity index (χ0n) is 41.8. The first-order valence-corrected chi connectivity index (χ1v) is 24.8. The number of hydrogen-bond acceptors (Lipinski definition) is 3. The van der Waals surface area contributed by atoms with Crippen molar-refractivity contribution in [3.63, 3.8) is 0 Å². The Morgan fingerprint density at radius 3 is 1.04 bits per heavy atom. The predicted octanol–water partition coefficient (Wildman–Crippen LogP) is 20.0. The molecule has 0 aliphatic heterocycles. The van der Waals surface area contributed by atoms with Gasteiger partial charge in [0.05, 0.1) is 11.4 Å². The van der Waals surface area contributed by atoms with Gasteiger partial charge in [-0.15, -0.1) is 0 Å². The standard InChI is InChI=1S/C66H62N2O/c1-41(2)63-55-39-61-57(37-47(55)21-33-59(63)67(51-29-23-49(24-30-51)65(5,6)7)53-27-19-43-15-11-13-17-45(43)35-53)58-38-48-22-34-60(64(42(3)4)56(48)40-62(58)69-61)68(52-31-25-50(26-32-52)66(8,9)10)54-28-20-44-16-12-14-18-46(44)36-54/h11-42H,1-10H3. The lowest BCUT2D eigenvalue weighted by Crippen LogP contribution is -2.15. The highest BCUT2D eigenvalue weighted by atomic mass is 16.3. The Kier molecular flexibility index (Phi) is 10.7. The van der Waals surface area contributed by atoms with Crippen molar-refractivity contribution in [3.8, 4) is 0 Å². The molecule has 3 heteroatoms. The van der Waals surface area contributed by atoms with Crippen molar-refractivity contribution in [2.24, 2.45) is 0 Å². The number of rotatable bonds is 8. The van der Waals surface area contributed by atoms with E-state index < -0.39 is 0 Å². The minimum absolute atomic E-state index is 0.0535. The van der Waals surface area contributed by atoms with Gasteiger partial charge < -0.3 is 14.2 Å². The van der Waals surface area contributed by atoms with Crippen LogP contribution in [-0.2, 0) is 10.8 Å². The van der Waals surface area contributed by atoms with Crippen LogP contribution in [0.25, 0.3) is 65.0 Å². The smallest absolute Gasteiger partial charge is 0.136 e. The van der Waals surface area contributed by atoms with Crippen LogP contribution in [0.4, 0.5) is 34.1 Å². The Hall–Kier alpha value is -7.36. The van der Waals surface area contributed by atoms with Crippen LogP contribution in [0.15, 0.2) is 186 Å². The first kappa shape index (κ1) is 44.2. The van der Waals surface area contributed by atoms with Crippen molar-refractivity contribution in [2.75, 3.05) is 9.80 Å². The Labute approximate surface area is 407 Å². The van der Waals surface area contributed by atoms with Crippen LogP contribution in [0.1, 0.15) is 103 Å². The quantitative estimate of drug-likeness (QED) is 0.151. The Bertz CT molecular complexity index is 3500. The monoisotopic (exact) mass is 898 g/mol. The molecule has 10 aromatic carbocycles. The highest BCUT2D eigenvalue weighted by Gasteiger charge is 2.25. The maximum Gasteiger partial charge on any atom is 0.136 e. The van der Waals surface area contributed by atoms with Crippen molar-refractivity contribution in [3.05, 3.63) is 204 Å². The molecular formula is C66H62N2O. The van der Waals surface area contributed by atoms with Crippen molar-refractivity contribution in [1.82, 2.24) is 0 Å². The van der Waals surface area contributed by atoms with Crippen molar-refractivity contribution in [1.29, 1.82) is 0 Å². The molecule has 1 aromatic heterocycles. The number of furan rings is 1. The van der Waals surface area contributed by atoms with Crippen LogP contribution in [0.5, 0.6) is 0 Å². The van der Waals surface area contributed by atoms with Gasteiger partial charge in [0.25, 0.3) is 0 Å². The predicted molar refractivity (Wildman–Crippen MR) is 299 cm³/mol. The molecule has 0 spiro atoms. The lowest BCUT2D eigenvalue weighted by molar-refractivity contribution is 0.590. The molecular weight excluding hydrogens is 837 g/mol. The third-order valence-corrected chi connectivity index (χ3v) is 14.4. The van der Waals surface area contributed by atoms with E-state index in [-0.39, 0.29) is 22.7 Å². The third kappa shape index (κ3) is 7.88. The van der Waals surface area contributed by atoms with Crippen LogP contribution >= 0.6 is 0 Å². The van der Waals surface area contributed by atoms with Gasteiger partial charge in [-0.2, -0.15) is 0 Å². The summed E-state index contributed by atoms with van der Waals surface area (Å²) in [5.74, 6) is 0.458. The zero-order valence-corrected chi connectivity index (χ0v) is 41.8. The second-order valence-electron chi connectivity index (χ2n) is 21.9. The molecule has 3 nitrogen and oxygen atoms in total. The Morgan fingerprint density at radius 1 is 0.333 bits per heavy atom. The fraction of sp³-hybridized carbons (Fsp3) is 0.212. The number of anilines is 6. The SMILES string of the molecule is CC(C)c1c(N(c2ccc(C(C)(C)C)cc2)c2ccc3ccccc3c2)ccc2cc3c(cc12)oc1cc2c(C(C)C)c(N(c4ccc(C(C)(C)C)cc4)c4ccc5ccccc5c4)ccc2cc13. The summed E-state index contributed by atoms with van der Waals surface area (Å²) in [6, 6.07) is 67.9. The number of nitrogens with zero attached hydrogens (tertiary/aromatic N) is 2. The van der Waals surface area contributed by atoms with Crippen LogP contribution in [0.3, 0.4) is 0 Å². The molecule has 0 aliphatic carbocycles. The van der Waals surface area contributed by atoms with Gasteiger partial charge in [-0.05, 0) is 173 Å². The normalized spacial score (nSPS) is 12.5. The molecule has 0 radical (unpaired) electrons. The molecule has 1 heterocycles. The van der Waals surface area contributed by atoms with Gasteiger partial charge in [0.15, 0.2) is 0 Å². The molecule has 0 aliphatic rings. The summed E-state index contributed by atoms with van der Waals surface area (Å²) in [4.78, 5) is 4.91. The maximum absolute atomic E-state index is 7.04. The van der Waals surface area contributed by atoms with Gasteiger partial charge in [-0.1, -0.05) is 166 Å². The number of fused-ring (bicyclic) bond motifs is 7. The molecule has 69 heavy (non-hydrogen) atoms. The maximum atomic E-state index is 7.04. The lowest BCUT2D eigenvalue weighted by atomic mass is 9.87. The number of benzene rings is 10. The van der Waals surface area contributed by atoms with Crippen LogP contribution in [-0.4, -0.2) is 0 Å². The van der Waals surface area contributed by atoms with Gasteiger partial charge in [0.1, 0.15) is 11.2 Å². The van der Waals surface area contributed by atoms with E-state index in [4.69, 9.17) is 4.42 Å². The summed E-state index contributed by atoms with van der Waals surface area (Å²) >= 11 is 0. The van der Waals surface area contributed by atoms with Crippen molar-refractivity contribution < 1.29 is 4.42 Å².